The maximum atomic E-state index is 6.36. The molecule has 0 bridgehead atoms. The summed E-state index contributed by atoms with van der Waals surface area (Å²) >= 11 is 5.98. The predicted molar refractivity (Wildman–Crippen MR) is 64.9 cm³/mol. The van der Waals surface area contributed by atoms with Gasteiger partial charge in [0.25, 0.3) is 0 Å². The van der Waals surface area contributed by atoms with Crippen molar-refractivity contribution >= 4 is 11.6 Å². The van der Waals surface area contributed by atoms with E-state index in [1.807, 2.05) is 18.2 Å². The fourth-order valence-corrected chi connectivity index (χ4v) is 2.57. The van der Waals surface area contributed by atoms with Gasteiger partial charge in [-0.15, -0.1) is 0 Å². The lowest BCUT2D eigenvalue weighted by molar-refractivity contribution is 0.105. The summed E-state index contributed by atoms with van der Waals surface area (Å²) in [7, 11) is 0. The van der Waals surface area contributed by atoms with Crippen LogP contribution in [0.2, 0.25) is 5.02 Å². The Labute approximate surface area is 96.6 Å². The molecule has 2 N–H and O–H groups in total. The summed E-state index contributed by atoms with van der Waals surface area (Å²) in [6.07, 6.45) is 2.18. The molecule has 0 saturated heterocycles. The molecule has 0 spiro atoms. The van der Waals surface area contributed by atoms with E-state index in [-0.39, 0.29) is 5.54 Å². The number of hydrogen-bond acceptors (Lipinski definition) is 1. The largest absolute Gasteiger partial charge is 0.321 e. The second kappa shape index (κ2) is 3.80. The normalized spacial score (nSPS) is 30.3. The number of benzene rings is 1. The molecule has 1 aromatic carbocycles. The summed E-state index contributed by atoms with van der Waals surface area (Å²) in [5, 5.41) is 0.783. The van der Waals surface area contributed by atoms with Crippen molar-refractivity contribution in [3.63, 3.8) is 0 Å². The monoisotopic (exact) mass is 223 g/mol. The molecular formula is C13H18ClN. The van der Waals surface area contributed by atoms with Gasteiger partial charge >= 0.3 is 0 Å². The minimum atomic E-state index is -0.125. The summed E-state index contributed by atoms with van der Waals surface area (Å²) < 4.78 is 0. The maximum Gasteiger partial charge on any atom is 0.0415 e. The van der Waals surface area contributed by atoms with Crippen molar-refractivity contribution in [3.05, 3.63) is 34.9 Å². The molecule has 0 aliphatic heterocycles. The molecule has 0 unspecified atom stereocenters. The molecule has 15 heavy (non-hydrogen) atoms. The summed E-state index contributed by atoms with van der Waals surface area (Å²) in [4.78, 5) is 0. The number of nitrogens with two attached hydrogens (primary N) is 1. The summed E-state index contributed by atoms with van der Waals surface area (Å²) in [6.45, 7) is 4.53. The highest BCUT2D eigenvalue weighted by Crippen LogP contribution is 2.47. The van der Waals surface area contributed by atoms with Crippen molar-refractivity contribution < 1.29 is 0 Å². The Kier molecular flexibility index (Phi) is 2.78. The molecule has 1 nitrogen and oxygen atoms in total. The van der Waals surface area contributed by atoms with Gasteiger partial charge in [0.05, 0.1) is 0 Å². The molecule has 1 aliphatic carbocycles. The van der Waals surface area contributed by atoms with E-state index in [0.717, 1.165) is 29.7 Å². The van der Waals surface area contributed by atoms with Gasteiger partial charge in [-0.2, -0.15) is 0 Å². The molecule has 82 valence electrons. The second-order valence-electron chi connectivity index (χ2n) is 5.08. The van der Waals surface area contributed by atoms with Crippen LogP contribution in [0.4, 0.5) is 0 Å². The lowest BCUT2D eigenvalue weighted by Gasteiger charge is -2.47. The van der Waals surface area contributed by atoms with Crippen molar-refractivity contribution in [2.24, 2.45) is 17.6 Å². The van der Waals surface area contributed by atoms with Gasteiger partial charge in [-0.1, -0.05) is 37.6 Å². The highest BCUT2D eigenvalue weighted by atomic mass is 35.5. The summed E-state index contributed by atoms with van der Waals surface area (Å²) in [5.74, 6) is 1.51. The van der Waals surface area contributed by atoms with Crippen molar-refractivity contribution in [3.8, 4) is 0 Å². The third-order valence-electron chi connectivity index (χ3n) is 3.60. The Balaban J connectivity index is 2.13. The van der Waals surface area contributed by atoms with Crippen LogP contribution in [0, 0.1) is 11.8 Å². The minimum absolute atomic E-state index is 0.125. The van der Waals surface area contributed by atoms with Crippen molar-refractivity contribution in [2.75, 3.05) is 0 Å². The maximum absolute atomic E-state index is 6.36. The fourth-order valence-electron chi connectivity index (χ4n) is 2.38. The average Bonchev–Trinajstić information content (AvgIpc) is 2.12. The molecular weight excluding hydrogens is 206 g/mol. The van der Waals surface area contributed by atoms with Gasteiger partial charge in [-0.25, -0.2) is 0 Å². The smallest absolute Gasteiger partial charge is 0.0415 e. The van der Waals surface area contributed by atoms with Crippen LogP contribution in [-0.2, 0) is 5.54 Å². The lowest BCUT2D eigenvalue weighted by atomic mass is 9.62. The van der Waals surface area contributed by atoms with Gasteiger partial charge < -0.3 is 5.73 Å². The van der Waals surface area contributed by atoms with Crippen LogP contribution >= 0.6 is 11.6 Å². The predicted octanol–water partition coefficient (Wildman–Crippen LogP) is 3.56. The van der Waals surface area contributed by atoms with E-state index >= 15 is 0 Å². The first-order valence-electron chi connectivity index (χ1n) is 5.56. The number of hydrogen-bond donors (Lipinski definition) is 1. The van der Waals surface area contributed by atoms with E-state index in [1.165, 1.54) is 5.56 Å². The Bertz CT molecular complexity index is 353. The average molecular weight is 224 g/mol. The quantitative estimate of drug-likeness (QED) is 0.815. The molecule has 0 radical (unpaired) electrons. The number of rotatable bonds is 2. The van der Waals surface area contributed by atoms with Crippen molar-refractivity contribution in [1.82, 2.24) is 0 Å². The number of halogens is 1. The molecule has 0 heterocycles. The first-order valence-corrected chi connectivity index (χ1v) is 5.94. The zero-order valence-electron chi connectivity index (χ0n) is 9.33. The lowest BCUT2D eigenvalue weighted by Crippen LogP contribution is -2.50. The van der Waals surface area contributed by atoms with Crippen LogP contribution in [0.5, 0.6) is 0 Å². The topological polar surface area (TPSA) is 26.0 Å². The van der Waals surface area contributed by atoms with Gasteiger partial charge in [0.2, 0.25) is 0 Å². The molecule has 0 amide bonds. The van der Waals surface area contributed by atoms with Crippen LogP contribution in [-0.4, -0.2) is 0 Å². The molecule has 1 fully saturated rings. The Hall–Kier alpha value is -0.530. The Morgan fingerprint density at radius 3 is 2.60 bits per heavy atom. The van der Waals surface area contributed by atoms with E-state index in [1.54, 1.807) is 0 Å². The molecule has 2 heteroatoms. The van der Waals surface area contributed by atoms with Crippen LogP contribution in [0.3, 0.4) is 0 Å². The van der Waals surface area contributed by atoms with Gasteiger partial charge in [0.1, 0.15) is 0 Å². The van der Waals surface area contributed by atoms with Crippen molar-refractivity contribution in [2.45, 2.75) is 32.2 Å². The zero-order chi connectivity index (χ0) is 11.1. The van der Waals surface area contributed by atoms with Crippen LogP contribution < -0.4 is 5.73 Å². The van der Waals surface area contributed by atoms with Crippen LogP contribution in [0.25, 0.3) is 0 Å². The Morgan fingerprint density at radius 1 is 1.40 bits per heavy atom. The minimum Gasteiger partial charge on any atom is -0.321 e. The second-order valence-corrected chi connectivity index (χ2v) is 5.52. The molecule has 1 aliphatic rings. The first-order chi connectivity index (χ1) is 7.01. The zero-order valence-corrected chi connectivity index (χ0v) is 10.1. The third kappa shape index (κ3) is 2.04. The van der Waals surface area contributed by atoms with Crippen LogP contribution in [0.15, 0.2) is 24.3 Å². The molecule has 1 saturated carbocycles. The fraction of sp³-hybridized carbons (Fsp3) is 0.538. The molecule has 1 aromatic rings. The van der Waals surface area contributed by atoms with E-state index in [0.29, 0.717) is 0 Å². The molecule has 2 rings (SSSR count). The highest BCUT2D eigenvalue weighted by Gasteiger charge is 2.43. The standard InChI is InChI=1S/C13H18ClN/c1-9(2)10-7-13(15,8-10)11-4-3-5-12(14)6-11/h3-6,9-10H,7-8,15H2,1-2H3. The summed E-state index contributed by atoms with van der Waals surface area (Å²) in [5.41, 5.74) is 7.42. The molecule has 0 atom stereocenters. The van der Waals surface area contributed by atoms with Gasteiger partial charge in [-0.05, 0) is 42.4 Å². The first kappa shape index (κ1) is 11.0. The third-order valence-corrected chi connectivity index (χ3v) is 3.83. The van der Waals surface area contributed by atoms with Gasteiger partial charge in [0.15, 0.2) is 0 Å². The van der Waals surface area contributed by atoms with Gasteiger partial charge in [-0.3, -0.25) is 0 Å². The van der Waals surface area contributed by atoms with E-state index in [2.05, 4.69) is 19.9 Å². The van der Waals surface area contributed by atoms with E-state index < -0.39 is 0 Å². The van der Waals surface area contributed by atoms with E-state index in [4.69, 9.17) is 17.3 Å². The molecule has 0 aromatic heterocycles. The van der Waals surface area contributed by atoms with Crippen LogP contribution in [0.1, 0.15) is 32.3 Å². The highest BCUT2D eigenvalue weighted by molar-refractivity contribution is 6.30. The van der Waals surface area contributed by atoms with Crippen molar-refractivity contribution in [1.29, 1.82) is 0 Å². The van der Waals surface area contributed by atoms with E-state index in [9.17, 15) is 0 Å². The Morgan fingerprint density at radius 2 is 2.07 bits per heavy atom. The SMILES string of the molecule is CC(C)C1CC(N)(c2cccc(Cl)c2)C1. The summed E-state index contributed by atoms with van der Waals surface area (Å²) in [6, 6.07) is 7.96. The van der Waals surface area contributed by atoms with Gasteiger partial charge in [0, 0.05) is 10.6 Å².